The third-order valence-corrected chi connectivity index (χ3v) is 5.58. The molecule has 0 aliphatic heterocycles. The zero-order chi connectivity index (χ0) is 17.9. The van der Waals surface area contributed by atoms with Crippen molar-refractivity contribution < 1.29 is 17.9 Å². The highest BCUT2D eigenvalue weighted by Gasteiger charge is 2.23. The second-order valence-corrected chi connectivity index (χ2v) is 7.55. The number of anilines is 1. The van der Waals surface area contributed by atoms with Crippen LogP contribution in [0.4, 0.5) is 5.69 Å². The molecule has 0 aliphatic rings. The zero-order valence-electron chi connectivity index (χ0n) is 13.2. The Morgan fingerprint density at radius 2 is 1.83 bits per heavy atom. The predicted molar refractivity (Wildman–Crippen MR) is 93.1 cm³/mol. The van der Waals surface area contributed by atoms with Gasteiger partial charge < -0.3 is 10.5 Å². The van der Waals surface area contributed by atoms with E-state index >= 15 is 0 Å². The lowest BCUT2D eigenvalue weighted by Gasteiger charge is -2.16. The number of rotatable bonds is 5. The fourth-order valence-electron chi connectivity index (χ4n) is 2.08. The molecule has 0 aromatic heterocycles. The second kappa shape index (κ2) is 7.21. The van der Waals surface area contributed by atoms with Gasteiger partial charge in [-0.15, -0.1) is 0 Å². The number of hydrogen-bond donors (Lipinski definition) is 1. The number of ether oxygens (including phenoxy) is 1. The fraction of sp³-hybridized carbons (Fsp3) is 0.188. The Morgan fingerprint density at radius 3 is 2.38 bits per heavy atom. The first-order chi connectivity index (χ1) is 11.3. The molecule has 2 rings (SSSR count). The average Bonchev–Trinajstić information content (AvgIpc) is 2.54. The van der Waals surface area contributed by atoms with Crippen LogP contribution in [0.5, 0.6) is 0 Å². The van der Waals surface area contributed by atoms with Gasteiger partial charge in [0.1, 0.15) is 6.54 Å². The second-order valence-electron chi connectivity index (χ2n) is 5.10. The van der Waals surface area contributed by atoms with Crippen molar-refractivity contribution in [2.75, 3.05) is 26.4 Å². The Hall–Kier alpha value is -2.09. The maximum atomic E-state index is 12.4. The molecule has 0 unspecified atom stereocenters. The van der Waals surface area contributed by atoms with E-state index in [1.807, 2.05) is 0 Å². The summed E-state index contributed by atoms with van der Waals surface area (Å²) in [5.41, 5.74) is 7.72. The molecule has 0 amide bonds. The van der Waals surface area contributed by atoms with E-state index in [9.17, 15) is 13.2 Å². The number of likely N-dealkylation sites (N-methyl/N-ethyl adjacent to an activating group) is 1. The van der Waals surface area contributed by atoms with Crippen LogP contribution in [0.15, 0.2) is 47.4 Å². The van der Waals surface area contributed by atoms with E-state index in [4.69, 9.17) is 17.3 Å². The quantitative estimate of drug-likeness (QED) is 0.646. The predicted octanol–water partition coefficient (Wildman–Crippen LogP) is 2.38. The maximum absolute atomic E-state index is 12.4. The molecular formula is C16H17ClN2O4S. The van der Waals surface area contributed by atoms with E-state index in [1.165, 1.54) is 26.3 Å². The first-order valence-corrected chi connectivity index (χ1v) is 8.76. The fourth-order valence-corrected chi connectivity index (χ4v) is 3.50. The maximum Gasteiger partial charge on any atom is 0.321 e. The standard InChI is InChI=1S/C16H17ClN2O4S/c1-19(10-16(20)23-2)24(21,22)13-6-3-11(4-7-13)14-8-5-12(18)9-15(14)17/h3-9H,10,18H2,1-2H3. The number of nitrogens with two attached hydrogens (primary N) is 1. The van der Waals surface area contributed by atoms with Gasteiger partial charge in [0.2, 0.25) is 10.0 Å². The van der Waals surface area contributed by atoms with Gasteiger partial charge in [-0.1, -0.05) is 29.8 Å². The summed E-state index contributed by atoms with van der Waals surface area (Å²) in [4.78, 5) is 11.3. The van der Waals surface area contributed by atoms with Crippen molar-refractivity contribution in [1.82, 2.24) is 4.31 Å². The molecule has 0 bridgehead atoms. The number of halogens is 1. The molecule has 128 valence electrons. The van der Waals surface area contributed by atoms with Crippen LogP contribution in [-0.2, 0) is 19.6 Å². The van der Waals surface area contributed by atoms with E-state index < -0.39 is 16.0 Å². The van der Waals surface area contributed by atoms with Crippen LogP contribution in [0, 0.1) is 0 Å². The van der Waals surface area contributed by atoms with Gasteiger partial charge in [-0.3, -0.25) is 4.79 Å². The lowest BCUT2D eigenvalue weighted by Crippen LogP contribution is -2.32. The molecule has 0 spiro atoms. The van der Waals surface area contributed by atoms with Gasteiger partial charge >= 0.3 is 5.97 Å². The molecule has 0 radical (unpaired) electrons. The highest BCUT2D eigenvalue weighted by Crippen LogP contribution is 2.30. The molecule has 2 N–H and O–H groups in total. The first kappa shape index (κ1) is 18.3. The van der Waals surface area contributed by atoms with E-state index in [0.717, 1.165) is 15.4 Å². The van der Waals surface area contributed by atoms with Crippen molar-refractivity contribution >= 4 is 33.3 Å². The van der Waals surface area contributed by atoms with Gasteiger partial charge in [0, 0.05) is 18.3 Å². The Labute approximate surface area is 145 Å². The molecule has 0 atom stereocenters. The van der Waals surface area contributed by atoms with E-state index in [2.05, 4.69) is 4.74 Å². The Kier molecular flexibility index (Phi) is 5.48. The van der Waals surface area contributed by atoms with Crippen molar-refractivity contribution in [1.29, 1.82) is 0 Å². The van der Waals surface area contributed by atoms with Crippen LogP contribution >= 0.6 is 11.6 Å². The van der Waals surface area contributed by atoms with Crippen molar-refractivity contribution in [3.05, 3.63) is 47.5 Å². The number of carbonyl (C=O) groups is 1. The minimum atomic E-state index is -3.78. The number of hydrogen-bond acceptors (Lipinski definition) is 5. The summed E-state index contributed by atoms with van der Waals surface area (Å²) in [6.45, 7) is -0.357. The SMILES string of the molecule is COC(=O)CN(C)S(=O)(=O)c1ccc(-c2ccc(N)cc2Cl)cc1. The molecule has 0 saturated heterocycles. The monoisotopic (exact) mass is 368 g/mol. The third-order valence-electron chi connectivity index (χ3n) is 3.45. The van der Waals surface area contributed by atoms with Crippen molar-refractivity contribution in [2.24, 2.45) is 0 Å². The first-order valence-electron chi connectivity index (χ1n) is 6.94. The van der Waals surface area contributed by atoms with Crippen LogP contribution in [0.25, 0.3) is 11.1 Å². The Balaban J connectivity index is 2.30. The summed E-state index contributed by atoms with van der Waals surface area (Å²) in [6, 6.07) is 11.3. The molecule has 2 aromatic rings. The van der Waals surface area contributed by atoms with Gasteiger partial charge in [-0.05, 0) is 29.8 Å². The number of nitrogens with zero attached hydrogens (tertiary/aromatic N) is 1. The number of esters is 1. The van der Waals surface area contributed by atoms with Gasteiger partial charge in [-0.25, -0.2) is 8.42 Å². The van der Waals surface area contributed by atoms with Crippen LogP contribution in [-0.4, -0.2) is 39.4 Å². The smallest absolute Gasteiger partial charge is 0.321 e. The minimum Gasteiger partial charge on any atom is -0.468 e. The number of nitrogen functional groups attached to an aromatic ring is 1. The molecule has 0 fully saturated rings. The van der Waals surface area contributed by atoms with E-state index in [0.29, 0.717) is 10.7 Å². The molecular weight excluding hydrogens is 352 g/mol. The Morgan fingerprint density at radius 1 is 1.21 bits per heavy atom. The topological polar surface area (TPSA) is 89.7 Å². The molecule has 24 heavy (non-hydrogen) atoms. The summed E-state index contributed by atoms with van der Waals surface area (Å²) < 4.78 is 30.3. The van der Waals surface area contributed by atoms with Gasteiger partial charge in [0.05, 0.1) is 17.0 Å². The number of benzene rings is 2. The number of carbonyl (C=O) groups excluding carboxylic acids is 1. The van der Waals surface area contributed by atoms with Crippen molar-refractivity contribution in [3.63, 3.8) is 0 Å². The van der Waals surface area contributed by atoms with Crippen LogP contribution in [0.2, 0.25) is 5.02 Å². The van der Waals surface area contributed by atoms with Crippen LogP contribution in [0.1, 0.15) is 0 Å². The number of sulfonamides is 1. The molecule has 8 heteroatoms. The molecule has 0 aliphatic carbocycles. The van der Waals surface area contributed by atoms with Gasteiger partial charge in [-0.2, -0.15) is 4.31 Å². The largest absolute Gasteiger partial charge is 0.468 e. The molecule has 0 heterocycles. The molecule has 0 saturated carbocycles. The summed E-state index contributed by atoms with van der Waals surface area (Å²) >= 11 is 6.16. The summed E-state index contributed by atoms with van der Waals surface area (Å²) in [7, 11) is -1.26. The molecule has 2 aromatic carbocycles. The van der Waals surface area contributed by atoms with Gasteiger partial charge in [0.25, 0.3) is 0 Å². The lowest BCUT2D eigenvalue weighted by molar-refractivity contribution is -0.140. The molecule has 6 nitrogen and oxygen atoms in total. The summed E-state index contributed by atoms with van der Waals surface area (Å²) in [6.07, 6.45) is 0. The normalized spacial score (nSPS) is 11.5. The summed E-state index contributed by atoms with van der Waals surface area (Å²) in [5.74, 6) is -0.633. The van der Waals surface area contributed by atoms with Crippen LogP contribution in [0.3, 0.4) is 0 Å². The van der Waals surface area contributed by atoms with E-state index in [-0.39, 0.29) is 11.4 Å². The van der Waals surface area contributed by atoms with Crippen molar-refractivity contribution in [3.8, 4) is 11.1 Å². The third kappa shape index (κ3) is 3.87. The highest BCUT2D eigenvalue weighted by molar-refractivity contribution is 7.89. The average molecular weight is 369 g/mol. The summed E-state index contributed by atoms with van der Waals surface area (Å²) in [5, 5.41) is 0.480. The van der Waals surface area contributed by atoms with E-state index in [1.54, 1.807) is 30.3 Å². The van der Waals surface area contributed by atoms with Gasteiger partial charge in [0.15, 0.2) is 0 Å². The minimum absolute atomic E-state index is 0.0734. The number of methoxy groups -OCH3 is 1. The van der Waals surface area contributed by atoms with Crippen LogP contribution < -0.4 is 5.73 Å². The Bertz CT molecular complexity index is 851. The highest BCUT2D eigenvalue weighted by atomic mass is 35.5. The zero-order valence-corrected chi connectivity index (χ0v) is 14.8. The van der Waals surface area contributed by atoms with Crippen molar-refractivity contribution in [2.45, 2.75) is 4.90 Å². The lowest BCUT2D eigenvalue weighted by atomic mass is 10.1.